The molecule has 1 heterocycles. The fourth-order valence-electron chi connectivity index (χ4n) is 1.95. The summed E-state index contributed by atoms with van der Waals surface area (Å²) in [6.07, 6.45) is 0.283. The van der Waals surface area contributed by atoms with E-state index in [2.05, 4.69) is 23.2 Å². The predicted molar refractivity (Wildman–Crippen MR) is 68.6 cm³/mol. The number of rotatable bonds is 2. The number of hydrogen-bond acceptors (Lipinski definition) is 3. The molecule has 1 N–H and O–H groups in total. The minimum Gasteiger partial charge on any atom is -0.388 e. The Kier molecular flexibility index (Phi) is 3.56. The van der Waals surface area contributed by atoms with Crippen molar-refractivity contribution in [1.82, 2.24) is 0 Å². The Hall–Kier alpha value is -0.930. The molecule has 0 saturated carbocycles. The zero-order valence-corrected chi connectivity index (χ0v) is 10.4. The normalized spacial score (nSPS) is 20.9. The van der Waals surface area contributed by atoms with E-state index in [0.29, 0.717) is 0 Å². The number of halogens is 1. The number of nitrogens with zero attached hydrogens (tertiary/aromatic N) is 1. The van der Waals surface area contributed by atoms with Gasteiger partial charge in [-0.25, -0.2) is 0 Å². The lowest BCUT2D eigenvalue weighted by atomic mass is 10.2. The zero-order valence-electron chi connectivity index (χ0n) is 9.66. The van der Waals surface area contributed by atoms with Crippen molar-refractivity contribution in [3.05, 3.63) is 23.2 Å². The van der Waals surface area contributed by atoms with Gasteiger partial charge in [0.25, 0.3) is 0 Å². The Morgan fingerprint density at radius 3 is 2.94 bits per heavy atom. The Morgan fingerprint density at radius 2 is 2.25 bits per heavy atom. The Balaban J connectivity index is 2.21. The van der Waals surface area contributed by atoms with Gasteiger partial charge in [0, 0.05) is 36.5 Å². The summed E-state index contributed by atoms with van der Waals surface area (Å²) in [4.78, 5) is 2.31. The van der Waals surface area contributed by atoms with Crippen LogP contribution in [0.25, 0.3) is 0 Å². The average molecular weight is 241 g/mol. The molecule has 1 aromatic rings. The third-order valence-corrected chi connectivity index (χ3v) is 3.00. The number of hydrogen-bond donors (Lipinski definition) is 1. The van der Waals surface area contributed by atoms with E-state index in [1.165, 1.54) is 0 Å². The van der Waals surface area contributed by atoms with Gasteiger partial charge in [0.05, 0.1) is 12.7 Å². The lowest BCUT2D eigenvalue weighted by molar-refractivity contribution is 0.0532. The molecule has 4 heteroatoms. The summed E-state index contributed by atoms with van der Waals surface area (Å²) in [5, 5.41) is 3.88. The van der Waals surface area contributed by atoms with Gasteiger partial charge >= 0.3 is 0 Å². The molecule has 1 saturated heterocycles. The van der Waals surface area contributed by atoms with Gasteiger partial charge in [-0.05, 0) is 25.1 Å². The molecule has 0 bridgehead atoms. The molecule has 1 aliphatic rings. The highest BCUT2D eigenvalue weighted by Crippen LogP contribution is 2.26. The molecule has 1 aromatic carbocycles. The summed E-state index contributed by atoms with van der Waals surface area (Å²) >= 11 is 6.09. The minimum atomic E-state index is 0.283. The van der Waals surface area contributed by atoms with E-state index in [-0.39, 0.29) is 6.10 Å². The third kappa shape index (κ3) is 2.60. The van der Waals surface area contributed by atoms with Gasteiger partial charge in [0.2, 0.25) is 0 Å². The molecule has 0 spiro atoms. The quantitative estimate of drug-likeness (QED) is 0.860. The van der Waals surface area contributed by atoms with Crippen LogP contribution < -0.4 is 10.2 Å². The largest absolute Gasteiger partial charge is 0.388 e. The standard InChI is InChI=1S/C12H17ClN2O/c1-9-8-15(3-4-16-9)12-6-10(13)5-11(7-12)14-2/h5-7,9,14H,3-4,8H2,1-2H3. The van der Waals surface area contributed by atoms with Crippen molar-refractivity contribution in [2.45, 2.75) is 13.0 Å². The van der Waals surface area contributed by atoms with E-state index >= 15 is 0 Å². The lowest BCUT2D eigenvalue weighted by Crippen LogP contribution is -2.41. The van der Waals surface area contributed by atoms with Crippen molar-refractivity contribution >= 4 is 23.0 Å². The molecule has 1 atom stereocenters. The number of ether oxygens (including phenoxy) is 1. The van der Waals surface area contributed by atoms with E-state index in [1.807, 2.05) is 19.2 Å². The summed E-state index contributed by atoms with van der Waals surface area (Å²) in [5.41, 5.74) is 2.20. The van der Waals surface area contributed by atoms with Gasteiger partial charge < -0.3 is 15.0 Å². The molecule has 88 valence electrons. The number of anilines is 2. The van der Waals surface area contributed by atoms with Crippen molar-refractivity contribution in [3.8, 4) is 0 Å². The van der Waals surface area contributed by atoms with Gasteiger partial charge in [0.15, 0.2) is 0 Å². The van der Waals surface area contributed by atoms with Crippen LogP contribution >= 0.6 is 11.6 Å². The van der Waals surface area contributed by atoms with Crippen LogP contribution in [-0.4, -0.2) is 32.8 Å². The maximum Gasteiger partial charge on any atom is 0.0722 e. The van der Waals surface area contributed by atoms with E-state index in [9.17, 15) is 0 Å². The van der Waals surface area contributed by atoms with Crippen LogP contribution in [0, 0.1) is 0 Å². The van der Waals surface area contributed by atoms with Crippen molar-refractivity contribution in [2.24, 2.45) is 0 Å². The van der Waals surface area contributed by atoms with Crippen LogP contribution in [0.4, 0.5) is 11.4 Å². The second-order valence-electron chi connectivity index (χ2n) is 4.08. The van der Waals surface area contributed by atoms with Gasteiger partial charge in [-0.2, -0.15) is 0 Å². The second-order valence-corrected chi connectivity index (χ2v) is 4.51. The van der Waals surface area contributed by atoms with Gasteiger partial charge in [0.1, 0.15) is 0 Å². The van der Waals surface area contributed by atoms with E-state index in [0.717, 1.165) is 36.1 Å². The van der Waals surface area contributed by atoms with Crippen molar-refractivity contribution in [2.75, 3.05) is 37.0 Å². The maximum atomic E-state index is 6.09. The smallest absolute Gasteiger partial charge is 0.0722 e. The first kappa shape index (κ1) is 11.6. The van der Waals surface area contributed by atoms with Crippen LogP contribution in [0.1, 0.15) is 6.92 Å². The van der Waals surface area contributed by atoms with Crippen molar-refractivity contribution in [3.63, 3.8) is 0 Å². The van der Waals surface area contributed by atoms with Crippen LogP contribution in [0.5, 0.6) is 0 Å². The second kappa shape index (κ2) is 4.93. The summed E-state index contributed by atoms with van der Waals surface area (Å²) in [5.74, 6) is 0. The monoisotopic (exact) mass is 240 g/mol. The Labute approximate surface area is 101 Å². The minimum absolute atomic E-state index is 0.283. The lowest BCUT2D eigenvalue weighted by Gasteiger charge is -2.33. The van der Waals surface area contributed by atoms with Crippen LogP contribution in [0.3, 0.4) is 0 Å². The maximum absolute atomic E-state index is 6.09. The fraction of sp³-hybridized carbons (Fsp3) is 0.500. The molecule has 0 aromatic heterocycles. The van der Waals surface area contributed by atoms with Crippen LogP contribution in [-0.2, 0) is 4.74 Å². The molecule has 0 radical (unpaired) electrons. The highest BCUT2D eigenvalue weighted by atomic mass is 35.5. The van der Waals surface area contributed by atoms with E-state index in [1.54, 1.807) is 0 Å². The molecule has 0 aliphatic carbocycles. The Bertz CT molecular complexity index is 370. The number of morpholine rings is 1. The predicted octanol–water partition coefficient (Wildman–Crippen LogP) is 2.61. The molecule has 1 aliphatic heterocycles. The molecule has 3 nitrogen and oxygen atoms in total. The summed E-state index contributed by atoms with van der Waals surface area (Å²) in [6.45, 7) is 4.72. The first-order valence-corrected chi connectivity index (χ1v) is 5.92. The summed E-state index contributed by atoms with van der Waals surface area (Å²) < 4.78 is 5.53. The average Bonchev–Trinajstić information content (AvgIpc) is 2.28. The highest BCUT2D eigenvalue weighted by molar-refractivity contribution is 6.31. The summed E-state index contributed by atoms with van der Waals surface area (Å²) in [6, 6.07) is 6.04. The van der Waals surface area contributed by atoms with E-state index < -0.39 is 0 Å². The number of benzene rings is 1. The highest BCUT2D eigenvalue weighted by Gasteiger charge is 2.17. The van der Waals surface area contributed by atoms with Crippen LogP contribution in [0.15, 0.2) is 18.2 Å². The summed E-state index contributed by atoms with van der Waals surface area (Å²) in [7, 11) is 1.90. The molecule has 2 rings (SSSR count). The molecule has 1 unspecified atom stereocenters. The van der Waals surface area contributed by atoms with Crippen LogP contribution in [0.2, 0.25) is 5.02 Å². The zero-order chi connectivity index (χ0) is 11.5. The number of nitrogens with one attached hydrogen (secondary N) is 1. The van der Waals surface area contributed by atoms with Gasteiger partial charge in [-0.15, -0.1) is 0 Å². The van der Waals surface area contributed by atoms with Crippen molar-refractivity contribution in [1.29, 1.82) is 0 Å². The molecule has 1 fully saturated rings. The molecule has 16 heavy (non-hydrogen) atoms. The molecular formula is C12H17ClN2O. The first-order chi connectivity index (χ1) is 7.69. The van der Waals surface area contributed by atoms with Gasteiger partial charge in [-0.3, -0.25) is 0 Å². The van der Waals surface area contributed by atoms with E-state index in [4.69, 9.17) is 16.3 Å². The topological polar surface area (TPSA) is 24.5 Å². The fourth-order valence-corrected chi connectivity index (χ4v) is 2.18. The third-order valence-electron chi connectivity index (χ3n) is 2.78. The molecule has 0 amide bonds. The SMILES string of the molecule is CNc1cc(Cl)cc(N2CCOC(C)C2)c1. The first-order valence-electron chi connectivity index (χ1n) is 5.54. The molecular weight excluding hydrogens is 224 g/mol. The van der Waals surface area contributed by atoms with Crippen molar-refractivity contribution < 1.29 is 4.74 Å². The Morgan fingerprint density at radius 1 is 1.44 bits per heavy atom. The van der Waals surface area contributed by atoms with Gasteiger partial charge in [-0.1, -0.05) is 11.6 Å².